The van der Waals surface area contributed by atoms with Gasteiger partial charge in [-0.05, 0) is 52.9 Å². The van der Waals surface area contributed by atoms with E-state index in [9.17, 15) is 4.79 Å². The van der Waals surface area contributed by atoms with Gasteiger partial charge in [0.1, 0.15) is 0 Å². The van der Waals surface area contributed by atoms with Crippen LogP contribution in [-0.2, 0) is 13.0 Å². The molecule has 3 heterocycles. The summed E-state index contributed by atoms with van der Waals surface area (Å²) < 4.78 is 2.75. The van der Waals surface area contributed by atoms with Crippen LogP contribution >= 0.6 is 28.3 Å². The molecule has 1 saturated heterocycles. The van der Waals surface area contributed by atoms with Gasteiger partial charge in [0.15, 0.2) is 0 Å². The Morgan fingerprint density at radius 2 is 2.28 bits per heavy atom. The molecular weight excluding hydrogens is 316 g/mol. The van der Waals surface area contributed by atoms with Gasteiger partial charge in [0.05, 0.1) is 4.47 Å². The number of hydrogen-bond acceptors (Lipinski definition) is 2. The van der Waals surface area contributed by atoms with Gasteiger partial charge in [-0.15, -0.1) is 12.4 Å². The Labute approximate surface area is 122 Å². The van der Waals surface area contributed by atoms with Crippen molar-refractivity contribution in [3.8, 4) is 0 Å². The minimum absolute atomic E-state index is 0. The first-order valence-corrected chi connectivity index (χ1v) is 7.12. The van der Waals surface area contributed by atoms with E-state index in [-0.39, 0.29) is 18.0 Å². The van der Waals surface area contributed by atoms with E-state index in [1.165, 1.54) is 12.1 Å². The van der Waals surface area contributed by atoms with Crippen molar-refractivity contribution in [2.24, 2.45) is 5.92 Å². The molecule has 3 rings (SSSR count). The Balaban J connectivity index is 0.00000120. The molecule has 5 heteroatoms. The minimum atomic E-state index is 0. The molecule has 2 aliphatic heterocycles. The molecule has 1 unspecified atom stereocenters. The number of rotatable bonds is 1. The lowest BCUT2D eigenvalue weighted by molar-refractivity contribution is 0.256. The summed E-state index contributed by atoms with van der Waals surface area (Å²) in [5, 5.41) is 3.47. The molecule has 0 spiro atoms. The van der Waals surface area contributed by atoms with Crippen molar-refractivity contribution in [1.82, 2.24) is 9.88 Å². The monoisotopic (exact) mass is 332 g/mol. The van der Waals surface area contributed by atoms with Crippen LogP contribution in [0.5, 0.6) is 0 Å². The van der Waals surface area contributed by atoms with E-state index in [0.29, 0.717) is 11.8 Å². The summed E-state index contributed by atoms with van der Waals surface area (Å²) in [6.45, 7) is 5.04. The van der Waals surface area contributed by atoms with Gasteiger partial charge in [0, 0.05) is 24.7 Å². The highest BCUT2D eigenvalue weighted by Gasteiger charge is 2.31. The fourth-order valence-corrected chi connectivity index (χ4v) is 3.74. The van der Waals surface area contributed by atoms with Crippen molar-refractivity contribution in [2.75, 3.05) is 13.1 Å². The van der Waals surface area contributed by atoms with Gasteiger partial charge in [-0.25, -0.2) is 0 Å². The lowest BCUT2D eigenvalue weighted by Crippen LogP contribution is -2.45. The number of hydrogen-bond donors (Lipinski definition) is 1. The standard InChI is InChI=1S/C13H17BrN2O.ClH/c1-2-9-4-11-10-3-8(5-15-6-10)7-16(11)13(17)12(9)14;/h4,8,10,15H,2-3,5-7H2,1H3;1H/t8?,10-;/m0./s1. The van der Waals surface area contributed by atoms with Gasteiger partial charge in [0.2, 0.25) is 0 Å². The van der Waals surface area contributed by atoms with Gasteiger partial charge in [-0.2, -0.15) is 0 Å². The highest BCUT2D eigenvalue weighted by Crippen LogP contribution is 2.33. The third-order valence-corrected chi connectivity index (χ3v) is 4.88. The van der Waals surface area contributed by atoms with Gasteiger partial charge >= 0.3 is 0 Å². The maximum absolute atomic E-state index is 12.3. The van der Waals surface area contributed by atoms with Crippen molar-refractivity contribution in [1.29, 1.82) is 0 Å². The molecule has 1 N–H and O–H groups in total. The van der Waals surface area contributed by atoms with Gasteiger partial charge in [0.25, 0.3) is 5.56 Å². The van der Waals surface area contributed by atoms with Gasteiger partial charge in [-0.1, -0.05) is 6.92 Å². The summed E-state index contributed by atoms with van der Waals surface area (Å²) in [5.41, 5.74) is 2.54. The summed E-state index contributed by atoms with van der Waals surface area (Å²) in [6, 6.07) is 2.22. The summed E-state index contributed by atoms with van der Waals surface area (Å²) in [7, 11) is 0. The predicted octanol–water partition coefficient (Wildman–Crippen LogP) is 2.30. The number of aromatic nitrogens is 1. The Bertz CT molecular complexity index is 514. The third-order valence-electron chi connectivity index (χ3n) is 4.03. The predicted molar refractivity (Wildman–Crippen MR) is 78.7 cm³/mol. The first-order valence-electron chi connectivity index (χ1n) is 6.33. The van der Waals surface area contributed by atoms with Crippen LogP contribution in [-0.4, -0.2) is 17.7 Å². The second-order valence-electron chi connectivity index (χ2n) is 5.13. The van der Waals surface area contributed by atoms with Crippen LogP contribution in [0.1, 0.15) is 30.5 Å². The molecule has 1 aromatic heterocycles. The normalized spacial score (nSPS) is 25.2. The lowest BCUT2D eigenvalue weighted by Gasteiger charge is -2.37. The zero-order chi connectivity index (χ0) is 12.0. The number of fused-ring (bicyclic) bond motifs is 4. The molecule has 1 fully saturated rings. The van der Waals surface area contributed by atoms with Crippen LogP contribution in [0.15, 0.2) is 15.3 Å². The topological polar surface area (TPSA) is 34.0 Å². The minimum Gasteiger partial charge on any atom is -0.316 e. The van der Waals surface area contributed by atoms with E-state index in [1.807, 2.05) is 4.57 Å². The summed E-state index contributed by atoms with van der Waals surface area (Å²) in [4.78, 5) is 12.3. The SMILES string of the molecule is CCc1cc2n(c(=O)c1Br)CC1CNC[C@@H]2C1.Cl. The molecule has 18 heavy (non-hydrogen) atoms. The van der Waals surface area contributed by atoms with Crippen LogP contribution in [0.4, 0.5) is 0 Å². The van der Waals surface area contributed by atoms with Crippen molar-refractivity contribution < 1.29 is 0 Å². The maximum Gasteiger partial charge on any atom is 0.265 e. The Morgan fingerprint density at radius 1 is 1.50 bits per heavy atom. The Hall–Kier alpha value is -0.320. The average Bonchev–Trinajstić information content (AvgIpc) is 2.35. The molecular formula is C13H18BrClN2O. The average molecular weight is 334 g/mol. The van der Waals surface area contributed by atoms with E-state index in [0.717, 1.165) is 36.1 Å². The molecule has 0 aliphatic carbocycles. The summed E-state index contributed by atoms with van der Waals surface area (Å²) in [5.74, 6) is 1.15. The van der Waals surface area contributed by atoms with Gasteiger partial charge < -0.3 is 9.88 Å². The molecule has 2 atom stereocenters. The summed E-state index contributed by atoms with van der Waals surface area (Å²) >= 11 is 3.45. The van der Waals surface area contributed by atoms with E-state index < -0.39 is 0 Å². The fourth-order valence-electron chi connectivity index (χ4n) is 3.13. The zero-order valence-corrected chi connectivity index (χ0v) is 12.8. The zero-order valence-electron chi connectivity index (χ0n) is 10.4. The van der Waals surface area contributed by atoms with E-state index in [1.54, 1.807) is 0 Å². The molecule has 0 amide bonds. The molecule has 0 aromatic carbocycles. The van der Waals surface area contributed by atoms with Crippen LogP contribution in [0.2, 0.25) is 0 Å². The van der Waals surface area contributed by atoms with Crippen LogP contribution in [0.3, 0.4) is 0 Å². The highest BCUT2D eigenvalue weighted by atomic mass is 79.9. The van der Waals surface area contributed by atoms with Crippen LogP contribution < -0.4 is 10.9 Å². The number of aryl methyl sites for hydroxylation is 1. The van der Waals surface area contributed by atoms with Crippen LogP contribution in [0.25, 0.3) is 0 Å². The van der Waals surface area contributed by atoms with Crippen molar-refractivity contribution in [2.45, 2.75) is 32.2 Å². The number of nitrogens with zero attached hydrogens (tertiary/aromatic N) is 1. The van der Waals surface area contributed by atoms with Crippen molar-refractivity contribution >= 4 is 28.3 Å². The highest BCUT2D eigenvalue weighted by molar-refractivity contribution is 9.10. The maximum atomic E-state index is 12.3. The van der Waals surface area contributed by atoms with Crippen LogP contribution in [0, 0.1) is 5.92 Å². The smallest absolute Gasteiger partial charge is 0.265 e. The molecule has 3 nitrogen and oxygen atoms in total. The molecule has 0 radical (unpaired) electrons. The number of pyridine rings is 1. The molecule has 1 aromatic rings. The summed E-state index contributed by atoms with van der Waals surface area (Å²) in [6.07, 6.45) is 2.14. The van der Waals surface area contributed by atoms with E-state index in [2.05, 4.69) is 34.2 Å². The fraction of sp³-hybridized carbons (Fsp3) is 0.615. The second-order valence-corrected chi connectivity index (χ2v) is 5.93. The molecule has 2 aliphatic rings. The Morgan fingerprint density at radius 3 is 3.00 bits per heavy atom. The molecule has 0 saturated carbocycles. The molecule has 100 valence electrons. The Kier molecular flexibility index (Phi) is 4.19. The van der Waals surface area contributed by atoms with Gasteiger partial charge in [-0.3, -0.25) is 4.79 Å². The second kappa shape index (κ2) is 5.35. The van der Waals surface area contributed by atoms with E-state index >= 15 is 0 Å². The first kappa shape index (κ1) is 14.1. The molecule has 2 bridgehead atoms. The quantitative estimate of drug-likeness (QED) is 0.856. The van der Waals surface area contributed by atoms with Crippen molar-refractivity contribution in [3.63, 3.8) is 0 Å². The number of nitrogens with one attached hydrogen (secondary N) is 1. The van der Waals surface area contributed by atoms with Crippen molar-refractivity contribution in [3.05, 3.63) is 32.2 Å². The third kappa shape index (κ3) is 2.15. The number of piperidine rings is 1. The first-order chi connectivity index (χ1) is 8.20. The van der Waals surface area contributed by atoms with E-state index in [4.69, 9.17) is 0 Å². The lowest BCUT2D eigenvalue weighted by atomic mass is 9.84. The largest absolute Gasteiger partial charge is 0.316 e. The number of halogens is 2.